The van der Waals surface area contributed by atoms with Gasteiger partial charge in [-0.25, -0.2) is 0 Å². The van der Waals surface area contributed by atoms with Crippen LogP contribution < -0.4 is 9.83 Å². The normalized spacial score (nSPS) is 24.2. The van der Waals surface area contributed by atoms with E-state index in [9.17, 15) is 4.57 Å². The van der Waals surface area contributed by atoms with Crippen molar-refractivity contribution in [3.8, 4) is 16.9 Å². The molecule has 4 rings (SSSR count). The molecular formula is C18H19O2PS. The van der Waals surface area contributed by atoms with E-state index in [1.54, 1.807) is 11.4 Å². The molecule has 114 valence electrons. The Bertz CT molecular complexity index is 737. The third-order valence-corrected chi connectivity index (χ3v) is 9.44. The third-order valence-electron chi connectivity index (χ3n) is 4.43. The molecule has 1 aliphatic carbocycles. The molecule has 22 heavy (non-hydrogen) atoms. The predicted molar refractivity (Wildman–Crippen MR) is 94.2 cm³/mol. The summed E-state index contributed by atoms with van der Waals surface area (Å²) in [5.41, 5.74) is 2.12. The van der Waals surface area contributed by atoms with Crippen molar-refractivity contribution in [2.45, 2.75) is 37.4 Å². The van der Waals surface area contributed by atoms with Gasteiger partial charge in [0.25, 0.3) is 0 Å². The van der Waals surface area contributed by atoms with Crippen LogP contribution in [0.5, 0.6) is 5.75 Å². The molecule has 0 spiro atoms. The smallest absolute Gasteiger partial charge is 0.333 e. The molecule has 1 unspecified atom stereocenters. The Hall–Kier alpha value is -1.18. The maximum absolute atomic E-state index is 13.6. The van der Waals surface area contributed by atoms with Crippen molar-refractivity contribution in [1.82, 2.24) is 0 Å². The van der Waals surface area contributed by atoms with Gasteiger partial charge in [0.15, 0.2) is 0 Å². The van der Waals surface area contributed by atoms with Crippen LogP contribution in [0.25, 0.3) is 11.1 Å². The van der Waals surface area contributed by atoms with Gasteiger partial charge >= 0.3 is 6.57 Å². The minimum Gasteiger partial charge on any atom is -0.432 e. The molecule has 0 aromatic heterocycles. The Morgan fingerprint density at radius 2 is 1.59 bits per heavy atom. The van der Waals surface area contributed by atoms with Crippen molar-refractivity contribution in [3.63, 3.8) is 0 Å². The largest absolute Gasteiger partial charge is 0.432 e. The Labute approximate surface area is 135 Å². The summed E-state index contributed by atoms with van der Waals surface area (Å²) >= 11 is 1.58. The summed E-state index contributed by atoms with van der Waals surface area (Å²) in [6.07, 6.45) is 6.11. The van der Waals surface area contributed by atoms with Crippen molar-refractivity contribution < 1.29 is 9.09 Å². The molecule has 2 aromatic carbocycles. The van der Waals surface area contributed by atoms with Crippen LogP contribution in [0, 0.1) is 0 Å². The van der Waals surface area contributed by atoms with Gasteiger partial charge in [-0.05, 0) is 36.4 Å². The van der Waals surface area contributed by atoms with Crippen LogP contribution in [0.4, 0.5) is 0 Å². The summed E-state index contributed by atoms with van der Waals surface area (Å²) in [4.78, 5) is 0. The molecule has 0 bridgehead atoms. The second kappa shape index (κ2) is 5.79. The second-order valence-electron chi connectivity index (χ2n) is 5.97. The number of para-hydroxylation sites is 1. The number of rotatable bonds is 2. The van der Waals surface area contributed by atoms with Gasteiger partial charge in [0.05, 0.1) is 5.30 Å². The van der Waals surface area contributed by atoms with E-state index in [0.29, 0.717) is 5.25 Å². The van der Waals surface area contributed by atoms with Crippen LogP contribution in [0.3, 0.4) is 0 Å². The third kappa shape index (κ3) is 2.51. The molecule has 2 aromatic rings. The molecule has 1 heterocycles. The molecule has 1 aliphatic heterocycles. The first-order chi connectivity index (χ1) is 10.8. The van der Waals surface area contributed by atoms with Crippen molar-refractivity contribution in [2.75, 3.05) is 0 Å². The number of hydrogen-bond donors (Lipinski definition) is 0. The highest BCUT2D eigenvalue weighted by molar-refractivity contribution is 8.59. The van der Waals surface area contributed by atoms with Gasteiger partial charge in [-0.3, -0.25) is 4.57 Å². The molecule has 0 saturated heterocycles. The molecule has 0 radical (unpaired) electrons. The summed E-state index contributed by atoms with van der Waals surface area (Å²) in [5.74, 6) is 0.757. The highest BCUT2D eigenvalue weighted by Crippen LogP contribution is 2.65. The SMILES string of the molecule is O=P1(SC2CCCCC2)Oc2ccccc2-c2ccccc21. The Morgan fingerprint density at radius 1 is 0.909 bits per heavy atom. The van der Waals surface area contributed by atoms with Crippen molar-refractivity contribution in [3.05, 3.63) is 48.5 Å². The van der Waals surface area contributed by atoms with Crippen molar-refractivity contribution >= 4 is 23.3 Å². The van der Waals surface area contributed by atoms with Gasteiger partial charge < -0.3 is 4.52 Å². The summed E-state index contributed by atoms with van der Waals surface area (Å²) in [7, 11) is 0. The molecule has 0 amide bonds. The molecule has 2 aliphatic rings. The fraction of sp³-hybridized carbons (Fsp3) is 0.333. The van der Waals surface area contributed by atoms with Crippen LogP contribution in [-0.2, 0) is 4.57 Å². The number of hydrogen-bond acceptors (Lipinski definition) is 3. The Balaban J connectivity index is 1.76. The number of fused-ring (bicyclic) bond motifs is 3. The van der Waals surface area contributed by atoms with Gasteiger partial charge in [0, 0.05) is 16.4 Å². The molecule has 4 heteroatoms. The van der Waals surface area contributed by atoms with Crippen LogP contribution in [0.15, 0.2) is 48.5 Å². The Kier molecular flexibility index (Phi) is 3.79. The maximum Gasteiger partial charge on any atom is 0.333 e. The minimum absolute atomic E-state index is 0.456. The van der Waals surface area contributed by atoms with E-state index >= 15 is 0 Å². The molecular weight excluding hydrogens is 311 g/mol. The first kappa shape index (κ1) is 14.4. The zero-order chi connectivity index (χ0) is 15.0. The molecule has 1 saturated carbocycles. The van der Waals surface area contributed by atoms with Gasteiger partial charge in [-0.1, -0.05) is 55.7 Å². The lowest BCUT2D eigenvalue weighted by molar-refractivity contribution is 0.501. The first-order valence-electron chi connectivity index (χ1n) is 7.93. The quantitative estimate of drug-likeness (QED) is 0.668. The van der Waals surface area contributed by atoms with Crippen molar-refractivity contribution in [2.24, 2.45) is 0 Å². The molecule has 1 fully saturated rings. The number of benzene rings is 2. The van der Waals surface area contributed by atoms with Gasteiger partial charge in [-0.15, -0.1) is 0 Å². The Morgan fingerprint density at radius 3 is 2.41 bits per heavy atom. The molecule has 0 N–H and O–H groups in total. The van der Waals surface area contributed by atoms with Gasteiger partial charge in [0.1, 0.15) is 5.75 Å². The maximum atomic E-state index is 13.6. The average Bonchev–Trinajstić information content (AvgIpc) is 2.56. The van der Waals surface area contributed by atoms with Crippen LogP contribution in [-0.4, -0.2) is 5.25 Å². The van der Waals surface area contributed by atoms with Gasteiger partial charge in [-0.2, -0.15) is 0 Å². The van der Waals surface area contributed by atoms with Gasteiger partial charge in [0.2, 0.25) is 0 Å². The lowest BCUT2D eigenvalue weighted by Gasteiger charge is -2.31. The zero-order valence-electron chi connectivity index (χ0n) is 12.4. The second-order valence-corrected chi connectivity index (χ2v) is 10.6. The van der Waals surface area contributed by atoms with Crippen molar-refractivity contribution in [1.29, 1.82) is 0 Å². The topological polar surface area (TPSA) is 26.3 Å². The summed E-state index contributed by atoms with van der Waals surface area (Å²) in [6, 6.07) is 15.9. The lowest BCUT2D eigenvalue weighted by atomic mass is 10.0. The average molecular weight is 330 g/mol. The van der Waals surface area contributed by atoms with Crippen LogP contribution in [0.1, 0.15) is 32.1 Å². The lowest BCUT2D eigenvalue weighted by Crippen LogP contribution is -2.18. The van der Waals surface area contributed by atoms with E-state index in [1.807, 2.05) is 42.5 Å². The summed E-state index contributed by atoms with van der Waals surface area (Å²) in [5, 5.41) is 1.34. The highest BCUT2D eigenvalue weighted by Gasteiger charge is 2.38. The van der Waals surface area contributed by atoms with E-state index in [2.05, 4.69) is 6.07 Å². The fourth-order valence-corrected chi connectivity index (χ4v) is 8.70. The minimum atomic E-state index is -2.89. The van der Waals surface area contributed by atoms with E-state index in [-0.39, 0.29) is 0 Å². The van der Waals surface area contributed by atoms with E-state index in [4.69, 9.17) is 4.52 Å². The predicted octanol–water partition coefficient (Wildman–Crippen LogP) is 5.63. The van der Waals surface area contributed by atoms with E-state index in [1.165, 1.54) is 19.3 Å². The molecule has 1 atom stereocenters. The monoisotopic (exact) mass is 330 g/mol. The first-order valence-corrected chi connectivity index (χ1v) is 11.0. The van der Waals surface area contributed by atoms with E-state index in [0.717, 1.165) is 35.0 Å². The van der Waals surface area contributed by atoms with Crippen LogP contribution >= 0.6 is 18.0 Å². The highest BCUT2D eigenvalue weighted by atomic mass is 32.7. The van der Waals surface area contributed by atoms with E-state index < -0.39 is 6.57 Å². The summed E-state index contributed by atoms with van der Waals surface area (Å²) in [6.45, 7) is -2.89. The zero-order valence-corrected chi connectivity index (χ0v) is 14.1. The standard InChI is InChI=1S/C18H19O2PS/c19-21(22-14-8-2-1-3-9-14)18-13-7-5-11-16(18)15-10-4-6-12-17(15)20-21/h4-7,10-14H,1-3,8-9H2. The molecule has 2 nitrogen and oxygen atoms in total. The summed E-state index contributed by atoms with van der Waals surface area (Å²) < 4.78 is 19.7. The fourth-order valence-electron chi connectivity index (χ4n) is 3.33. The van der Waals surface area contributed by atoms with Crippen LogP contribution in [0.2, 0.25) is 0 Å².